The zero-order chi connectivity index (χ0) is 11.1. The fourth-order valence-electron chi connectivity index (χ4n) is 1.60. The maximum atomic E-state index is 11.7. The predicted molar refractivity (Wildman–Crippen MR) is 62.4 cm³/mol. The Bertz CT molecular complexity index is 709. The van der Waals surface area contributed by atoms with Gasteiger partial charge >= 0.3 is 0 Å². The van der Waals surface area contributed by atoms with E-state index >= 15 is 0 Å². The van der Waals surface area contributed by atoms with E-state index in [1.807, 2.05) is 19.3 Å². The Morgan fingerprint density at radius 3 is 3.12 bits per heavy atom. The van der Waals surface area contributed by atoms with E-state index in [4.69, 9.17) is 0 Å². The molecule has 0 spiro atoms. The summed E-state index contributed by atoms with van der Waals surface area (Å²) in [5.41, 5.74) is 3.94. The summed E-state index contributed by atoms with van der Waals surface area (Å²) in [5.74, 6) is 0. The van der Waals surface area contributed by atoms with Gasteiger partial charge in [-0.25, -0.2) is 4.98 Å². The van der Waals surface area contributed by atoms with Crippen molar-refractivity contribution < 1.29 is 0 Å². The molecule has 3 aromatic rings. The Hall–Kier alpha value is -1.95. The van der Waals surface area contributed by atoms with Gasteiger partial charge in [-0.1, -0.05) is 0 Å². The summed E-state index contributed by atoms with van der Waals surface area (Å²) in [6, 6.07) is 1.87. The molecule has 3 aromatic heterocycles. The van der Waals surface area contributed by atoms with Crippen molar-refractivity contribution in [3.63, 3.8) is 0 Å². The van der Waals surface area contributed by atoms with Gasteiger partial charge in [0.1, 0.15) is 4.70 Å². The van der Waals surface area contributed by atoms with Crippen LogP contribution in [0.3, 0.4) is 0 Å². The van der Waals surface area contributed by atoms with Crippen LogP contribution < -0.4 is 5.56 Å². The van der Waals surface area contributed by atoms with E-state index in [1.54, 1.807) is 16.4 Å². The highest BCUT2D eigenvalue weighted by Gasteiger charge is 2.07. The molecule has 0 saturated heterocycles. The van der Waals surface area contributed by atoms with E-state index in [9.17, 15) is 4.79 Å². The van der Waals surface area contributed by atoms with Crippen LogP contribution in [0.4, 0.5) is 0 Å². The number of aromatic nitrogens is 4. The van der Waals surface area contributed by atoms with Crippen LogP contribution in [0.2, 0.25) is 0 Å². The lowest BCUT2D eigenvalue weighted by molar-refractivity contribution is 0.768. The Morgan fingerprint density at radius 2 is 2.38 bits per heavy atom. The van der Waals surface area contributed by atoms with Crippen molar-refractivity contribution in [2.24, 2.45) is 7.05 Å². The third kappa shape index (κ3) is 1.35. The lowest BCUT2D eigenvalue weighted by atomic mass is 10.2. The summed E-state index contributed by atoms with van der Waals surface area (Å²) in [5, 5.41) is 4.07. The number of aromatic amines is 1. The smallest absolute Gasteiger partial charge is 0.268 e. The molecule has 0 saturated carbocycles. The van der Waals surface area contributed by atoms with E-state index in [1.165, 1.54) is 11.3 Å². The van der Waals surface area contributed by atoms with Gasteiger partial charge in [0.25, 0.3) is 5.56 Å². The molecule has 3 heterocycles. The minimum atomic E-state index is -0.0983. The lowest BCUT2D eigenvalue weighted by Crippen LogP contribution is -2.05. The average molecular weight is 232 g/mol. The number of pyridine rings is 1. The lowest BCUT2D eigenvalue weighted by Gasteiger charge is -1.96. The molecule has 0 amide bonds. The van der Waals surface area contributed by atoms with Crippen LogP contribution in [0.1, 0.15) is 0 Å². The molecule has 80 valence electrons. The minimum Gasteiger partial charge on any atom is -0.320 e. The van der Waals surface area contributed by atoms with Gasteiger partial charge in [0.2, 0.25) is 0 Å². The molecule has 0 fully saturated rings. The van der Waals surface area contributed by atoms with E-state index < -0.39 is 0 Å². The maximum Gasteiger partial charge on any atom is 0.268 e. The molecule has 0 aliphatic carbocycles. The Kier molecular flexibility index (Phi) is 1.90. The largest absolute Gasteiger partial charge is 0.320 e. The van der Waals surface area contributed by atoms with Crippen LogP contribution >= 0.6 is 11.3 Å². The van der Waals surface area contributed by atoms with E-state index in [2.05, 4.69) is 15.1 Å². The van der Waals surface area contributed by atoms with Crippen LogP contribution in [0, 0.1) is 0 Å². The number of nitrogens with one attached hydrogen (secondary N) is 1. The van der Waals surface area contributed by atoms with Crippen molar-refractivity contribution in [2.45, 2.75) is 0 Å². The van der Waals surface area contributed by atoms with Crippen molar-refractivity contribution in [3.8, 4) is 11.3 Å². The summed E-state index contributed by atoms with van der Waals surface area (Å²) in [6.45, 7) is 0. The molecule has 0 unspecified atom stereocenters. The zero-order valence-corrected chi connectivity index (χ0v) is 9.28. The van der Waals surface area contributed by atoms with Gasteiger partial charge in [0, 0.05) is 18.8 Å². The van der Waals surface area contributed by atoms with Crippen molar-refractivity contribution in [2.75, 3.05) is 0 Å². The number of rotatable bonds is 1. The van der Waals surface area contributed by atoms with Gasteiger partial charge in [0.15, 0.2) is 0 Å². The first kappa shape index (κ1) is 9.29. The highest BCUT2D eigenvalue weighted by molar-refractivity contribution is 7.16. The van der Waals surface area contributed by atoms with Crippen LogP contribution in [0.25, 0.3) is 21.5 Å². The number of fused-ring (bicyclic) bond motifs is 1. The van der Waals surface area contributed by atoms with Crippen LogP contribution in [-0.4, -0.2) is 19.7 Å². The summed E-state index contributed by atoms with van der Waals surface area (Å²) in [4.78, 5) is 18.7. The Morgan fingerprint density at radius 1 is 1.50 bits per heavy atom. The molecule has 0 atom stereocenters. The normalized spacial score (nSPS) is 11.1. The monoisotopic (exact) mass is 232 g/mol. The number of H-pyrrole nitrogens is 1. The first-order chi connectivity index (χ1) is 7.74. The molecule has 1 N–H and O–H groups in total. The van der Waals surface area contributed by atoms with Gasteiger partial charge in [-0.3, -0.25) is 9.48 Å². The first-order valence-corrected chi connectivity index (χ1v) is 5.57. The van der Waals surface area contributed by atoms with Crippen molar-refractivity contribution in [3.05, 3.63) is 34.3 Å². The maximum absolute atomic E-state index is 11.7. The first-order valence-electron chi connectivity index (χ1n) is 4.69. The van der Waals surface area contributed by atoms with Crippen molar-refractivity contribution in [1.82, 2.24) is 19.7 Å². The van der Waals surface area contributed by atoms with Crippen LogP contribution in [0.5, 0.6) is 0 Å². The molecule has 0 aliphatic rings. The van der Waals surface area contributed by atoms with Gasteiger partial charge < -0.3 is 4.98 Å². The highest BCUT2D eigenvalue weighted by atomic mass is 32.1. The quantitative estimate of drug-likeness (QED) is 0.689. The van der Waals surface area contributed by atoms with Crippen LogP contribution in [-0.2, 0) is 7.05 Å². The number of thiazole rings is 1. The Balaban J connectivity index is 2.28. The van der Waals surface area contributed by atoms with E-state index in [0.717, 1.165) is 16.8 Å². The van der Waals surface area contributed by atoms with Gasteiger partial charge in [-0.15, -0.1) is 11.3 Å². The second-order valence-corrected chi connectivity index (χ2v) is 4.34. The molecule has 16 heavy (non-hydrogen) atoms. The zero-order valence-electron chi connectivity index (χ0n) is 8.47. The highest BCUT2D eigenvalue weighted by Crippen LogP contribution is 2.19. The molecule has 3 rings (SSSR count). The summed E-state index contributed by atoms with van der Waals surface area (Å²) < 4.78 is 2.35. The molecular weight excluding hydrogens is 224 g/mol. The summed E-state index contributed by atoms with van der Waals surface area (Å²) >= 11 is 1.35. The predicted octanol–water partition coefficient (Wildman–Crippen LogP) is 1.39. The summed E-state index contributed by atoms with van der Waals surface area (Å²) in [7, 11) is 1.84. The second-order valence-electron chi connectivity index (χ2n) is 3.48. The molecule has 0 bridgehead atoms. The number of aryl methyl sites for hydroxylation is 1. The SMILES string of the molecule is Cn1cc(-c2cc3ncsc3c(=O)[nH]2)cn1. The van der Waals surface area contributed by atoms with Crippen LogP contribution in [0.15, 0.2) is 28.8 Å². The van der Waals surface area contributed by atoms with Gasteiger partial charge in [0.05, 0.1) is 22.9 Å². The molecule has 6 heteroatoms. The number of hydrogen-bond donors (Lipinski definition) is 1. The second kappa shape index (κ2) is 3.28. The fraction of sp³-hybridized carbons (Fsp3) is 0.100. The van der Waals surface area contributed by atoms with E-state index in [-0.39, 0.29) is 5.56 Å². The minimum absolute atomic E-state index is 0.0983. The average Bonchev–Trinajstić information content (AvgIpc) is 2.85. The molecular formula is C10H8N4OS. The number of nitrogens with zero attached hydrogens (tertiary/aromatic N) is 3. The standard InChI is InChI=1S/C10H8N4OS/c1-14-4-6(3-12-14)7-2-8-9(10(15)13-7)16-5-11-8/h2-5H,1H3,(H,13,15). The molecule has 0 radical (unpaired) electrons. The Labute approximate surface area is 94.4 Å². The molecule has 0 aliphatic heterocycles. The van der Waals surface area contributed by atoms with E-state index in [0.29, 0.717) is 4.70 Å². The van der Waals surface area contributed by atoms with Crippen molar-refractivity contribution >= 4 is 21.6 Å². The molecule has 0 aromatic carbocycles. The van der Waals surface area contributed by atoms with Gasteiger partial charge in [-0.2, -0.15) is 5.10 Å². The topological polar surface area (TPSA) is 63.6 Å². The fourth-order valence-corrected chi connectivity index (χ4v) is 2.26. The summed E-state index contributed by atoms with van der Waals surface area (Å²) in [6.07, 6.45) is 3.56. The van der Waals surface area contributed by atoms with Crippen molar-refractivity contribution in [1.29, 1.82) is 0 Å². The molecule has 5 nitrogen and oxygen atoms in total. The van der Waals surface area contributed by atoms with Gasteiger partial charge in [-0.05, 0) is 6.07 Å². The third-order valence-corrected chi connectivity index (χ3v) is 3.19. The third-order valence-electron chi connectivity index (χ3n) is 2.35. The number of hydrogen-bond acceptors (Lipinski definition) is 4.